The zero-order valence-electron chi connectivity index (χ0n) is 14.4. The molecule has 1 fully saturated rings. The monoisotopic (exact) mass is 374 g/mol. The smallest absolute Gasteiger partial charge is 0.414 e. The zero-order valence-corrected chi connectivity index (χ0v) is 14.4. The van der Waals surface area contributed by atoms with Crippen molar-refractivity contribution in [3.63, 3.8) is 0 Å². The summed E-state index contributed by atoms with van der Waals surface area (Å²) < 4.78 is 36.3. The van der Waals surface area contributed by atoms with Gasteiger partial charge in [0.05, 0.1) is 35.5 Å². The van der Waals surface area contributed by atoms with Crippen LogP contribution in [0.4, 0.5) is 19.3 Å². The van der Waals surface area contributed by atoms with Gasteiger partial charge in [-0.2, -0.15) is 0 Å². The van der Waals surface area contributed by atoms with E-state index in [1.807, 2.05) is 0 Å². The lowest BCUT2D eigenvalue weighted by atomic mass is 10.0. The Balaban J connectivity index is 1.64. The summed E-state index contributed by atoms with van der Waals surface area (Å²) in [6.45, 7) is 1.81. The Labute approximate surface area is 153 Å². The third-order valence-corrected chi connectivity index (χ3v) is 4.58. The average molecular weight is 374 g/mol. The first kappa shape index (κ1) is 17.2. The van der Waals surface area contributed by atoms with Gasteiger partial charge < -0.3 is 14.6 Å². The molecule has 0 bridgehead atoms. The molecule has 9 heteroatoms. The molecule has 140 valence electrons. The number of carbonyl (C=O) groups is 2. The van der Waals surface area contributed by atoms with Crippen LogP contribution in [0.5, 0.6) is 0 Å². The fraction of sp³-hybridized carbons (Fsp3) is 0.278. The van der Waals surface area contributed by atoms with E-state index < -0.39 is 23.8 Å². The molecule has 0 saturated carbocycles. The van der Waals surface area contributed by atoms with Crippen LogP contribution >= 0.6 is 0 Å². The zero-order chi connectivity index (χ0) is 19.1. The highest BCUT2D eigenvalue weighted by Gasteiger charge is 2.35. The Morgan fingerprint density at radius 3 is 2.78 bits per heavy atom. The number of carbonyl (C=O) groups excluding carboxylic acids is 2. The minimum atomic E-state index is -0.770. The Hall–Kier alpha value is -3.23. The van der Waals surface area contributed by atoms with Crippen molar-refractivity contribution < 1.29 is 23.1 Å². The molecule has 1 unspecified atom stereocenters. The van der Waals surface area contributed by atoms with Crippen LogP contribution < -0.4 is 10.2 Å². The number of imidazole rings is 1. The van der Waals surface area contributed by atoms with Gasteiger partial charge in [0.25, 0.3) is 0 Å². The van der Waals surface area contributed by atoms with Crippen molar-refractivity contribution in [2.24, 2.45) is 0 Å². The summed E-state index contributed by atoms with van der Waals surface area (Å²) in [5.74, 6) is -1.81. The molecule has 2 aromatic rings. The SMILES string of the molecule is CC(=O)NCC1COC(=O)N1c1cc(F)c(C2=Cc3cncn3C2)c(F)c1. The highest BCUT2D eigenvalue weighted by molar-refractivity contribution is 5.91. The summed E-state index contributed by atoms with van der Waals surface area (Å²) in [5, 5.41) is 2.58. The standard InChI is InChI=1S/C18H16F2N4O3/c1-10(25)22-6-14-8-27-18(26)24(14)12-3-15(19)17(16(20)4-12)11-2-13-5-21-9-23(13)7-11/h2-5,9,14H,6-8H2,1H3,(H,22,25). The van der Waals surface area contributed by atoms with E-state index in [1.165, 1.54) is 6.92 Å². The van der Waals surface area contributed by atoms with Gasteiger partial charge >= 0.3 is 6.09 Å². The van der Waals surface area contributed by atoms with Gasteiger partial charge in [-0.3, -0.25) is 9.69 Å². The quantitative estimate of drug-likeness (QED) is 0.890. The predicted octanol–water partition coefficient (Wildman–Crippen LogP) is 2.18. The van der Waals surface area contributed by atoms with Crippen molar-refractivity contribution >= 4 is 29.3 Å². The number of benzene rings is 1. The lowest BCUT2D eigenvalue weighted by molar-refractivity contribution is -0.119. The van der Waals surface area contributed by atoms with Gasteiger partial charge in [-0.1, -0.05) is 0 Å². The van der Waals surface area contributed by atoms with Crippen molar-refractivity contribution in [2.45, 2.75) is 19.5 Å². The van der Waals surface area contributed by atoms with E-state index in [-0.39, 0.29) is 30.3 Å². The number of allylic oxidation sites excluding steroid dienone is 1. The summed E-state index contributed by atoms with van der Waals surface area (Å²) in [5.41, 5.74) is 1.18. The van der Waals surface area contributed by atoms with Crippen LogP contribution in [0.1, 0.15) is 18.2 Å². The number of fused-ring (bicyclic) bond motifs is 1. The second-order valence-electron chi connectivity index (χ2n) is 6.44. The first-order valence-corrected chi connectivity index (χ1v) is 8.34. The summed E-state index contributed by atoms with van der Waals surface area (Å²) in [6.07, 6.45) is 4.18. The largest absolute Gasteiger partial charge is 0.447 e. The van der Waals surface area contributed by atoms with Crippen molar-refractivity contribution in [1.29, 1.82) is 0 Å². The average Bonchev–Trinajstić information content (AvgIpc) is 3.27. The molecule has 2 aliphatic heterocycles. The lowest BCUT2D eigenvalue weighted by Gasteiger charge is -2.22. The fourth-order valence-electron chi connectivity index (χ4n) is 3.34. The molecule has 7 nitrogen and oxygen atoms in total. The highest BCUT2D eigenvalue weighted by Crippen LogP contribution is 2.34. The van der Waals surface area contributed by atoms with Crippen molar-refractivity contribution in [2.75, 3.05) is 18.1 Å². The van der Waals surface area contributed by atoms with Crippen LogP contribution in [0.3, 0.4) is 0 Å². The molecule has 1 atom stereocenters. The number of nitrogens with zero attached hydrogens (tertiary/aromatic N) is 3. The van der Waals surface area contributed by atoms with Crippen molar-refractivity contribution in [3.8, 4) is 0 Å². The van der Waals surface area contributed by atoms with Crippen LogP contribution in [0.2, 0.25) is 0 Å². The van der Waals surface area contributed by atoms with E-state index in [0.29, 0.717) is 12.1 Å². The molecule has 27 heavy (non-hydrogen) atoms. The summed E-state index contributed by atoms with van der Waals surface area (Å²) in [7, 11) is 0. The molecule has 0 aliphatic carbocycles. The molecule has 1 saturated heterocycles. The number of amides is 2. The Kier molecular flexibility index (Phi) is 4.14. The highest BCUT2D eigenvalue weighted by atomic mass is 19.1. The van der Waals surface area contributed by atoms with Crippen molar-refractivity contribution in [1.82, 2.24) is 14.9 Å². The first-order chi connectivity index (χ1) is 12.9. The maximum atomic E-state index is 14.8. The second-order valence-corrected chi connectivity index (χ2v) is 6.44. The van der Waals surface area contributed by atoms with Gasteiger partial charge in [0.2, 0.25) is 5.91 Å². The number of hydrogen-bond donors (Lipinski definition) is 1. The van der Waals surface area contributed by atoms with Crippen LogP contribution in [-0.2, 0) is 16.1 Å². The molecule has 1 aromatic carbocycles. The van der Waals surface area contributed by atoms with Crippen LogP contribution in [0.25, 0.3) is 11.6 Å². The van der Waals surface area contributed by atoms with E-state index in [9.17, 15) is 18.4 Å². The molecule has 0 radical (unpaired) electrons. The van der Waals surface area contributed by atoms with E-state index >= 15 is 0 Å². The number of halogens is 2. The minimum absolute atomic E-state index is 0.0255. The van der Waals surface area contributed by atoms with Gasteiger partial charge in [-0.25, -0.2) is 18.6 Å². The Morgan fingerprint density at radius 1 is 1.37 bits per heavy atom. The van der Waals surface area contributed by atoms with Crippen LogP contribution in [0, 0.1) is 11.6 Å². The van der Waals surface area contributed by atoms with E-state index in [0.717, 1.165) is 22.7 Å². The number of aromatic nitrogens is 2. The number of ether oxygens (including phenoxy) is 1. The van der Waals surface area contributed by atoms with Gasteiger partial charge in [-0.15, -0.1) is 0 Å². The minimum Gasteiger partial charge on any atom is -0.447 e. The molecule has 0 spiro atoms. The number of rotatable bonds is 4. The Morgan fingerprint density at radius 2 is 2.11 bits per heavy atom. The van der Waals surface area contributed by atoms with Crippen LogP contribution in [0.15, 0.2) is 24.7 Å². The van der Waals surface area contributed by atoms with Crippen LogP contribution in [-0.4, -0.2) is 40.7 Å². The summed E-state index contributed by atoms with van der Waals surface area (Å²) in [4.78, 5) is 28.3. The van der Waals surface area contributed by atoms with E-state index in [4.69, 9.17) is 4.74 Å². The maximum Gasteiger partial charge on any atom is 0.414 e. The molecule has 3 heterocycles. The van der Waals surface area contributed by atoms with E-state index in [1.54, 1.807) is 23.2 Å². The summed E-state index contributed by atoms with van der Waals surface area (Å²) >= 11 is 0. The molecule has 2 aliphatic rings. The number of nitrogens with one attached hydrogen (secondary N) is 1. The summed E-state index contributed by atoms with van der Waals surface area (Å²) in [6, 6.07) is 1.68. The second kappa shape index (κ2) is 6.49. The van der Waals surface area contributed by atoms with Gasteiger partial charge in [-0.05, 0) is 23.8 Å². The maximum absolute atomic E-state index is 14.8. The first-order valence-electron chi connectivity index (χ1n) is 8.34. The molecule has 1 N–H and O–H groups in total. The fourth-order valence-corrected chi connectivity index (χ4v) is 3.34. The Bertz CT molecular complexity index is 946. The normalized spacial score (nSPS) is 18.3. The van der Waals surface area contributed by atoms with Gasteiger partial charge in [0.1, 0.15) is 18.2 Å². The molecular weight excluding hydrogens is 358 g/mol. The molecular formula is C18H16F2N4O3. The number of cyclic esters (lactones) is 1. The molecule has 1 aromatic heterocycles. The van der Waals surface area contributed by atoms with Crippen molar-refractivity contribution in [3.05, 3.63) is 47.5 Å². The van der Waals surface area contributed by atoms with E-state index in [2.05, 4.69) is 10.3 Å². The van der Waals surface area contributed by atoms with Gasteiger partial charge in [0.15, 0.2) is 0 Å². The number of anilines is 1. The topological polar surface area (TPSA) is 76.5 Å². The third-order valence-electron chi connectivity index (χ3n) is 4.58. The lowest BCUT2D eigenvalue weighted by Crippen LogP contribution is -2.42. The third kappa shape index (κ3) is 3.05. The van der Waals surface area contributed by atoms with Gasteiger partial charge in [0, 0.05) is 20.0 Å². The molecule has 4 rings (SSSR count). The predicted molar refractivity (Wildman–Crippen MR) is 92.8 cm³/mol. The number of hydrogen-bond acceptors (Lipinski definition) is 4. The molecule has 2 amide bonds.